The van der Waals surface area contributed by atoms with E-state index in [4.69, 9.17) is 0 Å². The minimum atomic E-state index is -0.00801. The molecule has 0 radical (unpaired) electrons. The van der Waals surface area contributed by atoms with Gasteiger partial charge in [0.1, 0.15) is 7.05 Å². The van der Waals surface area contributed by atoms with Gasteiger partial charge in [-0.1, -0.05) is 68.4 Å². The Morgan fingerprint density at radius 3 is 2.30 bits per heavy atom. The molecule has 0 fully saturated rings. The lowest BCUT2D eigenvalue weighted by Gasteiger charge is -2.24. The van der Waals surface area contributed by atoms with Gasteiger partial charge in [0, 0.05) is 16.9 Å². The van der Waals surface area contributed by atoms with E-state index in [0.29, 0.717) is 0 Å². The Kier molecular flexibility index (Phi) is 3.33. The minimum absolute atomic E-state index is 0.00801. The molecule has 27 heavy (non-hydrogen) atoms. The molecule has 1 aliphatic carbocycles. The molecule has 0 N–H and O–H groups in total. The summed E-state index contributed by atoms with van der Waals surface area (Å²) in [6.45, 7) is 6.97. The molecule has 0 saturated carbocycles. The van der Waals surface area contributed by atoms with Crippen molar-refractivity contribution in [3.63, 3.8) is 0 Å². The van der Waals surface area contributed by atoms with Crippen LogP contribution in [0.1, 0.15) is 30.5 Å². The van der Waals surface area contributed by atoms with E-state index in [1.54, 1.807) is 0 Å². The third-order valence-corrected chi connectivity index (χ3v) is 6.19. The topological polar surface area (TPSA) is 3.88 Å². The van der Waals surface area contributed by atoms with Crippen molar-refractivity contribution < 1.29 is 4.57 Å². The van der Waals surface area contributed by atoms with Crippen LogP contribution in [0, 0.1) is 6.92 Å². The van der Waals surface area contributed by atoms with Gasteiger partial charge in [0.2, 0.25) is 5.69 Å². The first-order chi connectivity index (χ1) is 13.0. The normalized spacial score (nSPS) is 14.2. The Labute approximate surface area is 160 Å². The van der Waals surface area contributed by atoms with Gasteiger partial charge in [0.25, 0.3) is 0 Å². The van der Waals surface area contributed by atoms with E-state index in [9.17, 15) is 0 Å². The highest BCUT2D eigenvalue weighted by Crippen LogP contribution is 2.52. The zero-order chi connectivity index (χ0) is 18.8. The van der Waals surface area contributed by atoms with Crippen molar-refractivity contribution >= 4 is 10.8 Å². The summed E-state index contributed by atoms with van der Waals surface area (Å²) in [4.78, 5) is 0. The number of hydrogen-bond acceptors (Lipinski definition) is 0. The molecule has 0 saturated heterocycles. The number of aryl methyl sites for hydroxylation is 2. The fourth-order valence-corrected chi connectivity index (χ4v) is 4.84. The molecule has 0 aliphatic heterocycles. The largest absolute Gasteiger partial charge is 0.213 e. The predicted molar refractivity (Wildman–Crippen MR) is 113 cm³/mol. The second kappa shape index (κ2) is 5.53. The van der Waals surface area contributed by atoms with E-state index in [1.807, 2.05) is 0 Å². The first kappa shape index (κ1) is 16.3. The molecule has 1 aliphatic rings. The summed E-state index contributed by atoms with van der Waals surface area (Å²) in [7, 11) is 2.16. The van der Waals surface area contributed by atoms with Gasteiger partial charge < -0.3 is 0 Å². The Morgan fingerprint density at radius 2 is 1.48 bits per heavy atom. The third kappa shape index (κ3) is 2.21. The molecule has 0 unspecified atom stereocenters. The van der Waals surface area contributed by atoms with Crippen LogP contribution in [0.3, 0.4) is 0 Å². The highest BCUT2D eigenvalue weighted by Gasteiger charge is 2.39. The van der Waals surface area contributed by atoms with Crippen LogP contribution in [-0.4, -0.2) is 0 Å². The number of rotatable bonds is 1. The average molecular weight is 350 g/mol. The molecule has 1 heteroatoms. The average Bonchev–Trinajstić information content (AvgIpc) is 2.89. The van der Waals surface area contributed by atoms with Crippen molar-refractivity contribution in [2.45, 2.75) is 26.2 Å². The number of pyridine rings is 1. The number of fused-ring (bicyclic) bond motifs is 4. The van der Waals surface area contributed by atoms with Gasteiger partial charge in [0.15, 0.2) is 6.20 Å². The lowest BCUT2D eigenvalue weighted by Crippen LogP contribution is -2.32. The van der Waals surface area contributed by atoms with Gasteiger partial charge in [-0.15, -0.1) is 0 Å². The van der Waals surface area contributed by atoms with Gasteiger partial charge in [-0.3, -0.25) is 0 Å². The summed E-state index contributed by atoms with van der Waals surface area (Å²) in [6, 6.07) is 24.4. The summed E-state index contributed by atoms with van der Waals surface area (Å²) in [5.41, 5.74) is 9.62. The van der Waals surface area contributed by atoms with E-state index in [0.717, 1.165) is 0 Å². The quantitative estimate of drug-likeness (QED) is 0.374. The van der Waals surface area contributed by atoms with Crippen LogP contribution in [0.5, 0.6) is 0 Å². The molecule has 5 rings (SSSR count). The van der Waals surface area contributed by atoms with Gasteiger partial charge >= 0.3 is 0 Å². The van der Waals surface area contributed by atoms with Crippen LogP contribution in [0.15, 0.2) is 72.9 Å². The Morgan fingerprint density at radius 1 is 0.778 bits per heavy atom. The zero-order valence-electron chi connectivity index (χ0n) is 16.4. The van der Waals surface area contributed by atoms with E-state index in [1.165, 1.54) is 49.8 Å². The van der Waals surface area contributed by atoms with E-state index < -0.39 is 0 Å². The van der Waals surface area contributed by atoms with Gasteiger partial charge in [-0.05, 0) is 46.2 Å². The standard InChI is InChI=1S/C26H24N/c1-17-13-14-21-20-11-7-8-12-22(20)26(2,3)25(21)24(17)23-15-18-9-5-6-10-19(18)16-27(23)4/h5-16H,1-4H3/q+1. The number of benzene rings is 3. The maximum Gasteiger partial charge on any atom is 0.213 e. The highest BCUT2D eigenvalue weighted by atomic mass is 14.9. The molecule has 132 valence electrons. The minimum Gasteiger partial charge on any atom is -0.200 e. The molecule has 0 amide bonds. The first-order valence-corrected chi connectivity index (χ1v) is 9.61. The van der Waals surface area contributed by atoms with Gasteiger partial charge in [0.05, 0.1) is 5.56 Å². The lowest BCUT2D eigenvalue weighted by molar-refractivity contribution is -0.659. The molecule has 0 atom stereocenters. The second-order valence-corrected chi connectivity index (χ2v) is 8.25. The molecule has 3 aromatic carbocycles. The van der Waals surface area contributed by atoms with E-state index in [2.05, 4.69) is 105 Å². The number of hydrogen-bond donors (Lipinski definition) is 0. The summed E-state index contributed by atoms with van der Waals surface area (Å²) in [5.74, 6) is 0. The summed E-state index contributed by atoms with van der Waals surface area (Å²) in [6.07, 6.45) is 2.25. The van der Waals surface area contributed by atoms with Crippen molar-refractivity contribution in [3.8, 4) is 22.4 Å². The highest BCUT2D eigenvalue weighted by molar-refractivity contribution is 5.90. The second-order valence-electron chi connectivity index (χ2n) is 8.25. The molecular weight excluding hydrogens is 326 g/mol. The monoisotopic (exact) mass is 350 g/mol. The molecule has 1 heterocycles. The van der Waals surface area contributed by atoms with E-state index >= 15 is 0 Å². The van der Waals surface area contributed by atoms with Gasteiger partial charge in [-0.25, -0.2) is 4.57 Å². The predicted octanol–water partition coefficient (Wildman–Crippen LogP) is 5.95. The maximum atomic E-state index is 2.36. The number of aromatic nitrogens is 1. The van der Waals surface area contributed by atoms with Crippen molar-refractivity contribution in [2.75, 3.05) is 0 Å². The maximum absolute atomic E-state index is 2.36. The van der Waals surface area contributed by atoms with Crippen molar-refractivity contribution in [1.29, 1.82) is 0 Å². The number of nitrogens with zero attached hydrogens (tertiary/aromatic N) is 1. The molecule has 4 aromatic rings. The molecule has 0 bridgehead atoms. The fraction of sp³-hybridized carbons (Fsp3) is 0.192. The summed E-state index contributed by atoms with van der Waals surface area (Å²) >= 11 is 0. The Hall–Kier alpha value is -2.93. The SMILES string of the molecule is Cc1ccc2c(c1-c1cc3ccccc3c[n+]1C)C(C)(C)c1ccccc1-2. The van der Waals surface area contributed by atoms with Crippen molar-refractivity contribution in [3.05, 3.63) is 89.6 Å². The Bertz CT molecular complexity index is 1210. The first-order valence-electron chi connectivity index (χ1n) is 9.61. The van der Waals surface area contributed by atoms with Crippen molar-refractivity contribution in [1.82, 2.24) is 0 Å². The van der Waals surface area contributed by atoms with Gasteiger partial charge in [-0.2, -0.15) is 0 Å². The van der Waals surface area contributed by atoms with Crippen LogP contribution >= 0.6 is 0 Å². The van der Waals surface area contributed by atoms with Crippen molar-refractivity contribution in [2.24, 2.45) is 7.05 Å². The van der Waals surface area contributed by atoms with Crippen LogP contribution in [0.2, 0.25) is 0 Å². The van der Waals surface area contributed by atoms with E-state index in [-0.39, 0.29) is 5.41 Å². The van der Waals surface area contributed by atoms with Crippen LogP contribution in [0.25, 0.3) is 33.2 Å². The Balaban J connectivity index is 1.88. The molecule has 0 spiro atoms. The zero-order valence-corrected chi connectivity index (χ0v) is 16.4. The summed E-state index contributed by atoms with van der Waals surface area (Å²) in [5, 5.41) is 2.56. The summed E-state index contributed by atoms with van der Waals surface area (Å²) < 4.78 is 2.28. The van der Waals surface area contributed by atoms with Crippen LogP contribution in [0.4, 0.5) is 0 Å². The molecular formula is C26H24N+. The lowest BCUT2D eigenvalue weighted by atomic mass is 9.78. The van der Waals surface area contributed by atoms with Crippen LogP contribution < -0.4 is 4.57 Å². The third-order valence-electron chi connectivity index (χ3n) is 6.19. The van der Waals surface area contributed by atoms with Crippen LogP contribution in [-0.2, 0) is 12.5 Å². The smallest absolute Gasteiger partial charge is 0.200 e. The molecule has 1 aromatic heterocycles. The fourth-order valence-electron chi connectivity index (χ4n) is 4.84. The molecule has 1 nitrogen and oxygen atoms in total.